The summed E-state index contributed by atoms with van der Waals surface area (Å²) in [5, 5.41) is 24.7. The second-order valence-corrected chi connectivity index (χ2v) is 6.06. The molecule has 0 saturated carbocycles. The van der Waals surface area contributed by atoms with Gasteiger partial charge in [0.05, 0.1) is 47.7 Å². The zero-order valence-corrected chi connectivity index (χ0v) is 16.2. The number of esters is 1. The van der Waals surface area contributed by atoms with Crippen molar-refractivity contribution in [1.29, 1.82) is 0 Å². The van der Waals surface area contributed by atoms with Gasteiger partial charge in [0, 0.05) is 12.1 Å². The van der Waals surface area contributed by atoms with Crippen LogP contribution in [0.15, 0.2) is 42.5 Å². The Kier molecular flexibility index (Phi) is 7.39. The lowest BCUT2D eigenvalue weighted by atomic mass is 10.0. The van der Waals surface area contributed by atoms with Gasteiger partial charge in [-0.2, -0.15) is 0 Å². The van der Waals surface area contributed by atoms with Crippen LogP contribution < -0.4 is 10.1 Å². The van der Waals surface area contributed by atoms with Crippen molar-refractivity contribution in [2.75, 3.05) is 13.7 Å². The van der Waals surface area contributed by atoms with Crippen LogP contribution in [-0.2, 0) is 9.53 Å². The fourth-order valence-corrected chi connectivity index (χ4v) is 2.65. The smallest absolute Gasteiger partial charge is 0.308 e. The number of carbonyl (C=O) groups is 2. The Labute approximate surface area is 170 Å². The third-order valence-corrected chi connectivity index (χ3v) is 4.09. The molecular formula is C19H19N3O8. The summed E-state index contributed by atoms with van der Waals surface area (Å²) in [5.41, 5.74) is -0.920. The highest BCUT2D eigenvalue weighted by Gasteiger charge is 2.24. The summed E-state index contributed by atoms with van der Waals surface area (Å²) in [6.45, 7) is 1.79. The van der Waals surface area contributed by atoms with Crippen LogP contribution in [0, 0.1) is 20.2 Å². The molecule has 2 aromatic carbocycles. The summed E-state index contributed by atoms with van der Waals surface area (Å²) in [4.78, 5) is 45.1. The Hall–Kier alpha value is -4.02. The molecule has 0 heterocycles. The van der Waals surface area contributed by atoms with E-state index in [2.05, 4.69) is 5.32 Å². The monoisotopic (exact) mass is 417 g/mol. The topological polar surface area (TPSA) is 151 Å². The van der Waals surface area contributed by atoms with Crippen LogP contribution in [0.1, 0.15) is 35.3 Å². The minimum atomic E-state index is -0.833. The standard InChI is InChI=1S/C19H19N3O8/c1-3-30-18(23)11-17(12-4-6-16(29-2)7-5-12)20-19(24)13-8-14(21(25)26)10-15(9-13)22(27)28/h4-10,17H,3,11H2,1-2H3,(H,20,24). The highest BCUT2D eigenvalue weighted by molar-refractivity contribution is 5.96. The van der Waals surface area contributed by atoms with Crippen LogP contribution in [0.25, 0.3) is 0 Å². The summed E-state index contributed by atoms with van der Waals surface area (Å²) < 4.78 is 10.0. The molecule has 2 aromatic rings. The third kappa shape index (κ3) is 5.74. The van der Waals surface area contributed by atoms with Gasteiger partial charge in [0.1, 0.15) is 5.75 Å². The van der Waals surface area contributed by atoms with Crippen LogP contribution in [0.4, 0.5) is 11.4 Å². The molecule has 0 aliphatic rings. The summed E-state index contributed by atoms with van der Waals surface area (Å²) in [6, 6.07) is 8.33. The molecule has 2 rings (SSSR count). The van der Waals surface area contributed by atoms with Crippen molar-refractivity contribution in [3.05, 3.63) is 73.8 Å². The SMILES string of the molecule is CCOC(=O)CC(NC(=O)c1cc([N+](=O)[O-])cc([N+](=O)[O-])c1)c1ccc(OC)cc1. The molecule has 0 fully saturated rings. The van der Waals surface area contributed by atoms with Gasteiger partial charge in [-0.1, -0.05) is 12.1 Å². The van der Waals surface area contributed by atoms with Crippen LogP contribution in [-0.4, -0.2) is 35.4 Å². The number of carbonyl (C=O) groups excluding carboxylic acids is 2. The average Bonchev–Trinajstić information content (AvgIpc) is 2.73. The van der Waals surface area contributed by atoms with Crippen molar-refractivity contribution in [2.45, 2.75) is 19.4 Å². The number of nitro groups is 2. The molecule has 1 unspecified atom stereocenters. The molecular weight excluding hydrogens is 398 g/mol. The normalized spacial score (nSPS) is 11.3. The van der Waals surface area contributed by atoms with Gasteiger partial charge in [0.15, 0.2) is 0 Å². The van der Waals surface area contributed by atoms with Crippen molar-refractivity contribution in [3.8, 4) is 5.75 Å². The summed E-state index contributed by atoms with van der Waals surface area (Å²) in [6.07, 6.45) is -0.205. The first kappa shape index (κ1) is 22.3. The summed E-state index contributed by atoms with van der Waals surface area (Å²) >= 11 is 0. The maximum absolute atomic E-state index is 12.7. The van der Waals surface area contributed by atoms with Gasteiger partial charge in [-0.05, 0) is 24.6 Å². The Morgan fingerprint density at radius 2 is 1.60 bits per heavy atom. The number of rotatable bonds is 9. The van der Waals surface area contributed by atoms with E-state index in [4.69, 9.17) is 9.47 Å². The van der Waals surface area contributed by atoms with Gasteiger partial charge in [-0.15, -0.1) is 0 Å². The zero-order chi connectivity index (χ0) is 22.3. The number of hydrogen-bond acceptors (Lipinski definition) is 8. The number of hydrogen-bond donors (Lipinski definition) is 1. The van der Waals surface area contributed by atoms with E-state index in [9.17, 15) is 29.8 Å². The molecule has 1 amide bonds. The number of nitro benzene ring substituents is 2. The van der Waals surface area contributed by atoms with Gasteiger partial charge in [-0.3, -0.25) is 29.8 Å². The third-order valence-electron chi connectivity index (χ3n) is 4.09. The van der Waals surface area contributed by atoms with Gasteiger partial charge in [-0.25, -0.2) is 0 Å². The molecule has 11 heteroatoms. The summed E-state index contributed by atoms with van der Waals surface area (Å²) in [7, 11) is 1.49. The molecule has 158 valence electrons. The first-order chi connectivity index (χ1) is 14.2. The lowest BCUT2D eigenvalue weighted by Gasteiger charge is -2.19. The predicted molar refractivity (Wildman–Crippen MR) is 104 cm³/mol. The highest BCUT2D eigenvalue weighted by atomic mass is 16.6. The number of methoxy groups -OCH3 is 1. The van der Waals surface area contributed by atoms with Gasteiger partial charge in [0.2, 0.25) is 0 Å². The van der Waals surface area contributed by atoms with Crippen molar-refractivity contribution in [3.63, 3.8) is 0 Å². The maximum atomic E-state index is 12.7. The van der Waals surface area contributed by atoms with Crippen LogP contribution in [0.5, 0.6) is 5.75 Å². The number of benzene rings is 2. The van der Waals surface area contributed by atoms with E-state index in [1.54, 1.807) is 31.2 Å². The second-order valence-electron chi connectivity index (χ2n) is 6.06. The first-order valence-electron chi connectivity index (χ1n) is 8.79. The first-order valence-corrected chi connectivity index (χ1v) is 8.79. The molecule has 0 radical (unpaired) electrons. The van der Waals surface area contributed by atoms with E-state index in [1.807, 2.05) is 0 Å². The molecule has 0 saturated heterocycles. The fraction of sp³-hybridized carbons (Fsp3) is 0.263. The average molecular weight is 417 g/mol. The number of non-ortho nitro benzene ring substituents is 2. The van der Waals surface area contributed by atoms with E-state index in [-0.39, 0.29) is 18.6 Å². The molecule has 11 nitrogen and oxygen atoms in total. The lowest BCUT2D eigenvalue weighted by Crippen LogP contribution is -2.30. The van der Waals surface area contributed by atoms with Crippen molar-refractivity contribution < 1.29 is 28.9 Å². The maximum Gasteiger partial charge on any atom is 0.308 e. The van der Waals surface area contributed by atoms with E-state index in [0.29, 0.717) is 11.3 Å². The molecule has 1 atom stereocenters. The van der Waals surface area contributed by atoms with E-state index >= 15 is 0 Å². The zero-order valence-electron chi connectivity index (χ0n) is 16.2. The number of ether oxygens (including phenoxy) is 2. The lowest BCUT2D eigenvalue weighted by molar-refractivity contribution is -0.394. The molecule has 0 spiro atoms. The van der Waals surface area contributed by atoms with Crippen molar-refractivity contribution in [2.24, 2.45) is 0 Å². The minimum absolute atomic E-state index is 0.152. The molecule has 0 aliphatic heterocycles. The van der Waals surface area contributed by atoms with Gasteiger partial charge in [0.25, 0.3) is 17.3 Å². The predicted octanol–water partition coefficient (Wildman–Crippen LogP) is 2.94. The Morgan fingerprint density at radius 3 is 2.07 bits per heavy atom. The summed E-state index contributed by atoms with van der Waals surface area (Å²) in [5.74, 6) is -0.815. The Balaban J connectivity index is 2.36. The number of nitrogens with one attached hydrogen (secondary N) is 1. The van der Waals surface area contributed by atoms with Crippen LogP contribution >= 0.6 is 0 Å². The molecule has 30 heavy (non-hydrogen) atoms. The van der Waals surface area contributed by atoms with E-state index in [1.165, 1.54) is 7.11 Å². The minimum Gasteiger partial charge on any atom is -0.497 e. The Bertz CT molecular complexity index is 927. The van der Waals surface area contributed by atoms with Gasteiger partial charge < -0.3 is 14.8 Å². The molecule has 0 aliphatic carbocycles. The van der Waals surface area contributed by atoms with Gasteiger partial charge >= 0.3 is 5.97 Å². The van der Waals surface area contributed by atoms with Crippen LogP contribution in [0.2, 0.25) is 0 Å². The van der Waals surface area contributed by atoms with Crippen molar-refractivity contribution in [1.82, 2.24) is 5.32 Å². The largest absolute Gasteiger partial charge is 0.497 e. The fourth-order valence-electron chi connectivity index (χ4n) is 2.65. The molecule has 0 aromatic heterocycles. The van der Waals surface area contributed by atoms with E-state index in [0.717, 1.165) is 18.2 Å². The molecule has 0 bridgehead atoms. The number of amides is 1. The second kappa shape index (κ2) is 9.96. The van der Waals surface area contributed by atoms with Crippen LogP contribution in [0.3, 0.4) is 0 Å². The Morgan fingerprint density at radius 1 is 1.03 bits per heavy atom. The number of nitrogens with zero attached hydrogens (tertiary/aromatic N) is 2. The van der Waals surface area contributed by atoms with E-state index < -0.39 is 39.1 Å². The quantitative estimate of drug-likeness (QED) is 0.371. The van der Waals surface area contributed by atoms with Crippen molar-refractivity contribution >= 4 is 23.3 Å². The highest BCUT2D eigenvalue weighted by Crippen LogP contribution is 2.25. The molecule has 1 N–H and O–H groups in total.